The Morgan fingerprint density at radius 2 is 2.12 bits per heavy atom. The lowest BCUT2D eigenvalue weighted by Crippen LogP contribution is -2.46. The third-order valence-electron chi connectivity index (χ3n) is 4.70. The highest BCUT2D eigenvalue weighted by molar-refractivity contribution is 5.76. The summed E-state index contributed by atoms with van der Waals surface area (Å²) in [6, 6.07) is 6.16. The highest BCUT2D eigenvalue weighted by Gasteiger charge is 2.38. The number of carbonyl (C=O) groups is 1. The molecule has 6 nitrogen and oxygen atoms in total. The van der Waals surface area contributed by atoms with Crippen molar-refractivity contribution in [3.8, 4) is 0 Å². The van der Waals surface area contributed by atoms with E-state index >= 15 is 0 Å². The zero-order valence-corrected chi connectivity index (χ0v) is 14.8. The van der Waals surface area contributed by atoms with Gasteiger partial charge in [0, 0.05) is 39.0 Å². The highest BCUT2D eigenvalue weighted by Crippen LogP contribution is 2.25. The van der Waals surface area contributed by atoms with Gasteiger partial charge < -0.3 is 14.9 Å². The molecule has 1 saturated heterocycles. The van der Waals surface area contributed by atoms with E-state index in [0.29, 0.717) is 32.4 Å². The van der Waals surface area contributed by atoms with Gasteiger partial charge in [-0.25, -0.2) is 9.37 Å². The number of aromatic nitrogens is 2. The Kier molecular flexibility index (Phi) is 5.46. The first-order chi connectivity index (χ1) is 12.5. The summed E-state index contributed by atoms with van der Waals surface area (Å²) in [5.41, 5.74) is -0.0424. The van der Waals surface area contributed by atoms with E-state index in [1.165, 1.54) is 12.1 Å². The van der Waals surface area contributed by atoms with Gasteiger partial charge in [0.05, 0.1) is 12.7 Å². The van der Waals surface area contributed by atoms with Crippen molar-refractivity contribution >= 4 is 11.7 Å². The number of halogens is 1. The molecule has 2 heterocycles. The summed E-state index contributed by atoms with van der Waals surface area (Å²) >= 11 is 0. The fourth-order valence-electron chi connectivity index (χ4n) is 3.26. The van der Waals surface area contributed by atoms with Crippen LogP contribution in [0.15, 0.2) is 42.9 Å². The van der Waals surface area contributed by atoms with Crippen LogP contribution in [0.4, 0.5) is 10.2 Å². The summed E-state index contributed by atoms with van der Waals surface area (Å²) < 4.78 is 12.9. The molecule has 0 radical (unpaired) electrons. The number of rotatable bonds is 6. The zero-order valence-electron chi connectivity index (χ0n) is 14.8. The van der Waals surface area contributed by atoms with Gasteiger partial charge in [-0.2, -0.15) is 0 Å². The average Bonchev–Trinajstić information content (AvgIpc) is 3.03. The van der Waals surface area contributed by atoms with Gasteiger partial charge in [0.2, 0.25) is 5.91 Å². The van der Waals surface area contributed by atoms with E-state index in [1.54, 1.807) is 42.7 Å². The van der Waals surface area contributed by atoms with E-state index < -0.39 is 5.60 Å². The molecule has 1 fully saturated rings. The zero-order chi connectivity index (χ0) is 18.6. The molecule has 0 spiro atoms. The van der Waals surface area contributed by atoms with Crippen LogP contribution in [0.1, 0.15) is 18.4 Å². The Morgan fingerprint density at radius 1 is 1.35 bits per heavy atom. The number of carbonyl (C=O) groups excluding carboxylic acids is 1. The smallest absolute Gasteiger partial charge is 0.222 e. The molecule has 1 aliphatic rings. The van der Waals surface area contributed by atoms with Crippen LogP contribution < -0.4 is 4.90 Å². The second-order valence-corrected chi connectivity index (χ2v) is 6.84. The van der Waals surface area contributed by atoms with Gasteiger partial charge in [-0.1, -0.05) is 12.1 Å². The van der Waals surface area contributed by atoms with Crippen molar-refractivity contribution in [2.24, 2.45) is 0 Å². The van der Waals surface area contributed by atoms with E-state index in [1.807, 2.05) is 4.90 Å². The SMILES string of the molecule is CN(C[C@@]1(O)CCN(c2cnccn2)C1)C(=O)CCc1ccc(F)cc1. The Labute approximate surface area is 152 Å². The van der Waals surface area contributed by atoms with E-state index in [0.717, 1.165) is 11.4 Å². The Hall–Kier alpha value is -2.54. The predicted octanol–water partition coefficient (Wildman–Crippen LogP) is 1.65. The molecule has 1 aromatic heterocycles. The number of amides is 1. The van der Waals surface area contributed by atoms with Crippen LogP contribution in [-0.4, -0.2) is 58.2 Å². The lowest BCUT2D eigenvalue weighted by molar-refractivity contribution is -0.132. The number of likely N-dealkylation sites (N-methyl/N-ethyl adjacent to an activating group) is 1. The maximum absolute atomic E-state index is 12.9. The van der Waals surface area contributed by atoms with E-state index in [-0.39, 0.29) is 18.3 Å². The largest absolute Gasteiger partial charge is 0.386 e. The Morgan fingerprint density at radius 3 is 2.81 bits per heavy atom. The van der Waals surface area contributed by atoms with Gasteiger partial charge in [0.25, 0.3) is 0 Å². The summed E-state index contributed by atoms with van der Waals surface area (Å²) in [5.74, 6) is 0.405. The molecule has 26 heavy (non-hydrogen) atoms. The van der Waals surface area contributed by atoms with Crippen molar-refractivity contribution in [1.82, 2.24) is 14.9 Å². The van der Waals surface area contributed by atoms with E-state index in [2.05, 4.69) is 9.97 Å². The monoisotopic (exact) mass is 358 g/mol. The molecule has 0 bridgehead atoms. The van der Waals surface area contributed by atoms with Crippen LogP contribution in [0.3, 0.4) is 0 Å². The molecular formula is C19H23FN4O2. The third kappa shape index (κ3) is 4.54. The highest BCUT2D eigenvalue weighted by atomic mass is 19.1. The molecule has 1 atom stereocenters. The number of hydrogen-bond donors (Lipinski definition) is 1. The lowest BCUT2D eigenvalue weighted by Gasteiger charge is -2.29. The Bertz CT molecular complexity index is 741. The fraction of sp³-hybridized carbons (Fsp3) is 0.421. The van der Waals surface area contributed by atoms with Crippen LogP contribution in [0, 0.1) is 5.82 Å². The second kappa shape index (κ2) is 7.78. The number of β-amino-alcohol motifs (C(OH)–C–C–N with tert-alkyl or cyclic N) is 1. The van der Waals surface area contributed by atoms with Crippen LogP contribution >= 0.6 is 0 Å². The number of aliphatic hydroxyl groups is 1. The summed E-state index contributed by atoms with van der Waals surface area (Å²) in [4.78, 5) is 24.2. The molecule has 0 unspecified atom stereocenters. The number of anilines is 1. The van der Waals surface area contributed by atoms with Crippen LogP contribution in [0.25, 0.3) is 0 Å². The van der Waals surface area contributed by atoms with Gasteiger partial charge >= 0.3 is 0 Å². The molecule has 1 aliphatic heterocycles. The molecule has 3 rings (SSSR count). The molecule has 1 N–H and O–H groups in total. The normalized spacial score (nSPS) is 19.6. The minimum Gasteiger partial charge on any atom is -0.386 e. The summed E-state index contributed by atoms with van der Waals surface area (Å²) in [6.45, 7) is 1.36. The predicted molar refractivity (Wildman–Crippen MR) is 96.2 cm³/mol. The average molecular weight is 358 g/mol. The van der Waals surface area contributed by atoms with Crippen molar-refractivity contribution in [2.45, 2.75) is 24.9 Å². The first kappa shape index (κ1) is 18.3. The minimum absolute atomic E-state index is 0.0410. The molecule has 2 aromatic rings. The van der Waals surface area contributed by atoms with Crippen molar-refractivity contribution < 1.29 is 14.3 Å². The standard InChI is InChI=1S/C19H23FN4O2/c1-23(18(25)7-4-15-2-5-16(20)6-3-15)13-19(26)8-11-24(14-19)17-12-21-9-10-22-17/h2-3,5-6,9-10,12,26H,4,7-8,11,13-14H2,1H3/t19-/m0/s1. The molecular weight excluding hydrogens is 335 g/mol. The van der Waals surface area contributed by atoms with Crippen LogP contribution in [-0.2, 0) is 11.2 Å². The van der Waals surface area contributed by atoms with Crippen LogP contribution in [0.5, 0.6) is 0 Å². The minimum atomic E-state index is -0.961. The second-order valence-electron chi connectivity index (χ2n) is 6.84. The van der Waals surface area contributed by atoms with Gasteiger partial charge in [-0.15, -0.1) is 0 Å². The summed E-state index contributed by atoms with van der Waals surface area (Å²) in [5, 5.41) is 10.8. The first-order valence-corrected chi connectivity index (χ1v) is 8.67. The van der Waals surface area contributed by atoms with Gasteiger partial charge in [-0.3, -0.25) is 9.78 Å². The number of benzene rings is 1. The topological polar surface area (TPSA) is 69.6 Å². The fourth-order valence-corrected chi connectivity index (χ4v) is 3.26. The van der Waals surface area contributed by atoms with Crippen molar-refractivity contribution in [1.29, 1.82) is 0 Å². The van der Waals surface area contributed by atoms with Gasteiger partial charge in [0.1, 0.15) is 17.2 Å². The Balaban J connectivity index is 1.51. The molecule has 0 saturated carbocycles. The molecule has 7 heteroatoms. The molecule has 1 amide bonds. The van der Waals surface area contributed by atoms with Gasteiger partial charge in [-0.05, 0) is 30.5 Å². The lowest BCUT2D eigenvalue weighted by atomic mass is 10.0. The molecule has 0 aliphatic carbocycles. The summed E-state index contributed by atoms with van der Waals surface area (Å²) in [6.07, 6.45) is 6.35. The van der Waals surface area contributed by atoms with Crippen molar-refractivity contribution in [3.05, 3.63) is 54.2 Å². The third-order valence-corrected chi connectivity index (χ3v) is 4.70. The number of aryl methyl sites for hydroxylation is 1. The quantitative estimate of drug-likeness (QED) is 0.850. The van der Waals surface area contributed by atoms with Crippen molar-refractivity contribution in [3.63, 3.8) is 0 Å². The number of hydrogen-bond acceptors (Lipinski definition) is 5. The van der Waals surface area contributed by atoms with E-state index in [9.17, 15) is 14.3 Å². The molecule has 1 aromatic carbocycles. The van der Waals surface area contributed by atoms with E-state index in [4.69, 9.17) is 0 Å². The van der Waals surface area contributed by atoms with Gasteiger partial charge in [0.15, 0.2) is 0 Å². The number of nitrogens with zero attached hydrogens (tertiary/aromatic N) is 4. The van der Waals surface area contributed by atoms with Crippen molar-refractivity contribution in [2.75, 3.05) is 31.6 Å². The maximum Gasteiger partial charge on any atom is 0.222 e. The molecule has 138 valence electrons. The first-order valence-electron chi connectivity index (χ1n) is 8.67. The summed E-state index contributed by atoms with van der Waals surface area (Å²) in [7, 11) is 1.70. The van der Waals surface area contributed by atoms with Crippen LogP contribution in [0.2, 0.25) is 0 Å². The maximum atomic E-state index is 12.9.